The lowest BCUT2D eigenvalue weighted by Gasteiger charge is -2.19. The van der Waals surface area contributed by atoms with Crippen LogP contribution < -0.4 is 21.2 Å². The van der Waals surface area contributed by atoms with Crippen molar-refractivity contribution in [2.45, 2.75) is 32.2 Å². The van der Waals surface area contributed by atoms with Gasteiger partial charge < -0.3 is 25.1 Å². The second kappa shape index (κ2) is 7.23. The summed E-state index contributed by atoms with van der Waals surface area (Å²) >= 11 is 0. The number of carbonyl (C=O) groups is 1. The predicted octanol–water partition coefficient (Wildman–Crippen LogP) is 2.43. The van der Waals surface area contributed by atoms with Crippen molar-refractivity contribution in [3.63, 3.8) is 0 Å². The van der Waals surface area contributed by atoms with Gasteiger partial charge in [-0.3, -0.25) is 9.59 Å². The molecule has 0 saturated heterocycles. The number of hydrogen-bond donors (Lipinski definition) is 2. The number of carbonyl (C=O) groups excluding carboxylic acids is 1. The van der Waals surface area contributed by atoms with Gasteiger partial charge >= 0.3 is 5.97 Å². The first kappa shape index (κ1) is 18.0. The zero-order chi connectivity index (χ0) is 18.8. The fourth-order valence-corrected chi connectivity index (χ4v) is 3.04. The van der Waals surface area contributed by atoms with Gasteiger partial charge in [0.15, 0.2) is 17.0 Å². The number of pyridine rings is 1. The van der Waals surface area contributed by atoms with E-state index in [1.165, 1.54) is 13.2 Å². The molecular weight excluding hydrogens is 341 g/mol. The zero-order valence-corrected chi connectivity index (χ0v) is 14.8. The first-order valence-electron chi connectivity index (χ1n) is 8.58. The van der Waals surface area contributed by atoms with E-state index in [4.69, 9.17) is 15.2 Å². The Kier molecular flexibility index (Phi) is 5.01. The molecule has 1 aromatic carbocycles. The number of hydrogen-bond acceptors (Lipinski definition) is 6. The number of halogens is 1. The Morgan fingerprint density at radius 1 is 1.46 bits per heavy atom. The summed E-state index contributed by atoms with van der Waals surface area (Å²) in [6, 6.07) is 1.63. The van der Waals surface area contributed by atoms with Crippen LogP contribution in [0.15, 0.2) is 17.1 Å². The Hall–Kier alpha value is -2.77. The summed E-state index contributed by atoms with van der Waals surface area (Å²) in [6.45, 7) is 2.15. The fraction of sp³-hybridized carbons (Fsp3) is 0.444. The van der Waals surface area contributed by atoms with Gasteiger partial charge in [0.2, 0.25) is 0 Å². The topological polar surface area (TPSA) is 95.6 Å². The van der Waals surface area contributed by atoms with E-state index in [1.807, 2.05) is 4.57 Å². The molecule has 1 aliphatic rings. The van der Waals surface area contributed by atoms with Crippen LogP contribution in [-0.2, 0) is 9.53 Å². The van der Waals surface area contributed by atoms with Gasteiger partial charge in [0, 0.05) is 24.8 Å². The molecule has 2 aromatic rings. The van der Waals surface area contributed by atoms with Gasteiger partial charge in [-0.15, -0.1) is 0 Å². The van der Waals surface area contributed by atoms with Crippen molar-refractivity contribution in [2.75, 3.05) is 31.3 Å². The maximum atomic E-state index is 14.8. The Morgan fingerprint density at radius 3 is 2.81 bits per heavy atom. The molecular formula is C18H22FN3O4. The van der Waals surface area contributed by atoms with Crippen molar-refractivity contribution in [3.05, 3.63) is 28.3 Å². The number of nitrogens with one attached hydrogen (secondary N) is 1. The molecule has 0 unspecified atom stereocenters. The number of anilines is 2. The lowest BCUT2D eigenvalue weighted by atomic mass is 10.1. The third kappa shape index (κ3) is 3.18. The van der Waals surface area contributed by atoms with Crippen LogP contribution in [-0.4, -0.2) is 30.8 Å². The summed E-state index contributed by atoms with van der Waals surface area (Å²) < 4.78 is 27.1. The highest BCUT2D eigenvalue weighted by atomic mass is 19.1. The van der Waals surface area contributed by atoms with E-state index >= 15 is 0 Å². The lowest BCUT2D eigenvalue weighted by Crippen LogP contribution is -2.16. The number of nitrogens with two attached hydrogens (primary N) is 1. The van der Waals surface area contributed by atoms with Crippen LogP contribution in [0, 0.1) is 5.82 Å². The second-order valence-electron chi connectivity index (χ2n) is 6.16. The molecule has 1 fully saturated rings. The molecule has 3 rings (SSSR count). The number of aromatic nitrogens is 1. The lowest BCUT2D eigenvalue weighted by molar-refractivity contribution is -0.142. The summed E-state index contributed by atoms with van der Waals surface area (Å²) in [7, 11) is 1.41. The molecule has 0 radical (unpaired) electrons. The van der Waals surface area contributed by atoms with Gasteiger partial charge in [0.1, 0.15) is 5.69 Å². The standard InChI is InChI=1S/C18H22FN3O4/c1-3-26-12(24)6-8-21-16-14(19)15(20)13-11(23)7-9-22(10-4-5-10)17(13)18(16)25-2/h7,9-10,21H,3-6,8,20H2,1-2H3. The van der Waals surface area contributed by atoms with Crippen LogP contribution in [0.5, 0.6) is 5.75 Å². The SMILES string of the molecule is CCOC(=O)CCNc1c(F)c(N)c2c(=O)ccn(C3CC3)c2c1OC. The zero-order valence-electron chi connectivity index (χ0n) is 14.8. The normalized spacial score (nSPS) is 13.7. The summed E-state index contributed by atoms with van der Waals surface area (Å²) in [5.74, 6) is -0.938. The van der Waals surface area contributed by atoms with Gasteiger partial charge in [-0.25, -0.2) is 4.39 Å². The molecule has 0 atom stereocenters. The van der Waals surface area contributed by atoms with Crippen molar-refractivity contribution in [1.29, 1.82) is 0 Å². The minimum atomic E-state index is -0.760. The minimum Gasteiger partial charge on any atom is -0.492 e. The van der Waals surface area contributed by atoms with Crippen molar-refractivity contribution in [2.24, 2.45) is 0 Å². The molecule has 8 heteroatoms. The molecule has 3 N–H and O–H groups in total. The third-order valence-corrected chi connectivity index (χ3v) is 4.38. The van der Waals surface area contributed by atoms with Crippen molar-refractivity contribution in [1.82, 2.24) is 4.57 Å². The van der Waals surface area contributed by atoms with E-state index in [-0.39, 0.29) is 59.5 Å². The monoisotopic (exact) mass is 363 g/mol. The summed E-state index contributed by atoms with van der Waals surface area (Å²) in [6.07, 6.45) is 3.71. The van der Waals surface area contributed by atoms with E-state index in [2.05, 4.69) is 5.32 Å². The number of nitrogen functional groups attached to an aromatic ring is 1. The first-order chi connectivity index (χ1) is 12.5. The number of benzene rings is 1. The van der Waals surface area contributed by atoms with Gasteiger partial charge in [0.25, 0.3) is 0 Å². The highest BCUT2D eigenvalue weighted by molar-refractivity contribution is 6.00. The number of fused-ring (bicyclic) bond motifs is 1. The molecule has 7 nitrogen and oxygen atoms in total. The molecule has 26 heavy (non-hydrogen) atoms. The third-order valence-electron chi connectivity index (χ3n) is 4.38. The second-order valence-corrected chi connectivity index (χ2v) is 6.16. The van der Waals surface area contributed by atoms with E-state index in [0.29, 0.717) is 5.52 Å². The molecule has 1 heterocycles. The van der Waals surface area contributed by atoms with E-state index < -0.39 is 5.82 Å². The van der Waals surface area contributed by atoms with Gasteiger partial charge in [-0.1, -0.05) is 0 Å². The number of esters is 1. The van der Waals surface area contributed by atoms with Crippen molar-refractivity contribution >= 4 is 28.2 Å². The van der Waals surface area contributed by atoms with E-state index in [9.17, 15) is 14.0 Å². The van der Waals surface area contributed by atoms with Crippen LogP contribution in [0.1, 0.15) is 32.2 Å². The molecule has 140 valence electrons. The Labute approximate surface area is 149 Å². The molecule has 0 spiro atoms. The van der Waals surface area contributed by atoms with Crippen LogP contribution in [0.3, 0.4) is 0 Å². The predicted molar refractivity (Wildman–Crippen MR) is 97.1 cm³/mol. The number of rotatable bonds is 7. The molecule has 0 aliphatic heterocycles. The van der Waals surface area contributed by atoms with Gasteiger partial charge in [-0.2, -0.15) is 0 Å². The van der Waals surface area contributed by atoms with Crippen molar-refractivity contribution in [3.8, 4) is 5.75 Å². The molecule has 0 bridgehead atoms. The highest BCUT2D eigenvalue weighted by Gasteiger charge is 2.29. The minimum absolute atomic E-state index is 0.0433. The van der Waals surface area contributed by atoms with Crippen LogP contribution in [0.2, 0.25) is 0 Å². The smallest absolute Gasteiger partial charge is 0.307 e. The maximum absolute atomic E-state index is 14.8. The van der Waals surface area contributed by atoms with Gasteiger partial charge in [0.05, 0.1) is 36.7 Å². The number of methoxy groups -OCH3 is 1. The van der Waals surface area contributed by atoms with E-state index in [1.54, 1.807) is 13.1 Å². The fourth-order valence-electron chi connectivity index (χ4n) is 3.04. The Balaban J connectivity index is 2.08. The molecule has 0 amide bonds. The summed E-state index contributed by atoms with van der Waals surface area (Å²) in [5, 5.41) is 2.98. The molecule has 1 saturated carbocycles. The summed E-state index contributed by atoms with van der Waals surface area (Å²) in [5.41, 5.74) is 5.87. The van der Waals surface area contributed by atoms with Gasteiger partial charge in [-0.05, 0) is 19.8 Å². The number of nitrogens with zero attached hydrogens (tertiary/aromatic N) is 1. The number of ether oxygens (including phenoxy) is 2. The molecule has 1 aromatic heterocycles. The van der Waals surface area contributed by atoms with Crippen LogP contribution >= 0.6 is 0 Å². The molecule has 1 aliphatic carbocycles. The Bertz CT molecular complexity index is 906. The van der Waals surface area contributed by atoms with Crippen LogP contribution in [0.4, 0.5) is 15.8 Å². The summed E-state index contributed by atoms with van der Waals surface area (Å²) in [4.78, 5) is 23.8. The quantitative estimate of drug-likeness (QED) is 0.579. The largest absolute Gasteiger partial charge is 0.492 e. The van der Waals surface area contributed by atoms with E-state index in [0.717, 1.165) is 12.8 Å². The van der Waals surface area contributed by atoms with Crippen molar-refractivity contribution < 1.29 is 18.7 Å². The van der Waals surface area contributed by atoms with Crippen LogP contribution in [0.25, 0.3) is 10.9 Å². The average molecular weight is 363 g/mol. The maximum Gasteiger partial charge on any atom is 0.307 e. The highest BCUT2D eigenvalue weighted by Crippen LogP contribution is 2.44. The Morgan fingerprint density at radius 2 is 2.19 bits per heavy atom. The first-order valence-corrected chi connectivity index (χ1v) is 8.58. The average Bonchev–Trinajstić information content (AvgIpc) is 3.44.